The summed E-state index contributed by atoms with van der Waals surface area (Å²) in [4.78, 5) is 1.95. The molecule has 0 amide bonds. The summed E-state index contributed by atoms with van der Waals surface area (Å²) in [7, 11) is 1.94. The fraction of sp³-hybridized carbons (Fsp3) is 0.500. The van der Waals surface area contributed by atoms with Crippen LogP contribution in [0.3, 0.4) is 0 Å². The molecule has 1 aromatic rings. The molecule has 0 saturated carbocycles. The molecule has 78 valence electrons. The Bertz CT molecular complexity index is 246. The molecule has 1 unspecified atom stereocenters. The number of benzene rings is 1. The lowest BCUT2D eigenvalue weighted by Crippen LogP contribution is -2.29. The molecule has 0 heterocycles. The van der Waals surface area contributed by atoms with Gasteiger partial charge in [-0.25, -0.2) is 0 Å². The Balaban J connectivity index is 2.22. The summed E-state index contributed by atoms with van der Waals surface area (Å²) in [6.07, 6.45) is 1.83. The van der Waals surface area contributed by atoms with Gasteiger partial charge in [0.15, 0.2) is 0 Å². The third-order valence-corrected chi connectivity index (χ3v) is 2.46. The molecule has 1 rings (SSSR count). The molecule has 1 N–H and O–H groups in total. The van der Waals surface area contributed by atoms with Crippen molar-refractivity contribution in [3.05, 3.63) is 35.9 Å². The SMILES string of the molecule is CC(O)N(C)CCCc1ccccc1. The Morgan fingerprint density at radius 1 is 1.29 bits per heavy atom. The van der Waals surface area contributed by atoms with Gasteiger partial charge in [-0.3, -0.25) is 4.90 Å². The highest BCUT2D eigenvalue weighted by Gasteiger charge is 2.03. The summed E-state index contributed by atoms with van der Waals surface area (Å²) in [6.45, 7) is 2.73. The molecule has 0 aliphatic carbocycles. The molecule has 1 atom stereocenters. The van der Waals surface area contributed by atoms with E-state index >= 15 is 0 Å². The van der Waals surface area contributed by atoms with Crippen molar-refractivity contribution in [2.45, 2.75) is 26.0 Å². The zero-order valence-electron chi connectivity index (χ0n) is 8.98. The molecule has 1 aromatic carbocycles. The molecule has 2 nitrogen and oxygen atoms in total. The van der Waals surface area contributed by atoms with Crippen molar-refractivity contribution in [1.29, 1.82) is 0 Å². The average molecular weight is 193 g/mol. The van der Waals surface area contributed by atoms with Gasteiger partial charge in [-0.1, -0.05) is 30.3 Å². The van der Waals surface area contributed by atoms with Crippen molar-refractivity contribution in [1.82, 2.24) is 4.90 Å². The lowest BCUT2D eigenvalue weighted by Gasteiger charge is -2.19. The van der Waals surface area contributed by atoms with Crippen LogP contribution in [-0.4, -0.2) is 29.8 Å². The first kappa shape index (κ1) is 11.2. The predicted molar refractivity (Wildman–Crippen MR) is 59.1 cm³/mol. The number of nitrogens with zero attached hydrogens (tertiary/aromatic N) is 1. The first-order chi connectivity index (χ1) is 6.70. The van der Waals surface area contributed by atoms with E-state index in [4.69, 9.17) is 0 Å². The maximum atomic E-state index is 9.24. The number of hydrogen-bond donors (Lipinski definition) is 1. The standard InChI is InChI=1S/C12H19NO/c1-11(14)13(2)10-6-9-12-7-4-3-5-8-12/h3-5,7-8,11,14H,6,9-10H2,1-2H3. The molecule has 0 radical (unpaired) electrons. The van der Waals surface area contributed by atoms with Crippen molar-refractivity contribution in [2.75, 3.05) is 13.6 Å². The van der Waals surface area contributed by atoms with Crippen molar-refractivity contribution in [2.24, 2.45) is 0 Å². The average Bonchev–Trinajstić information content (AvgIpc) is 2.19. The normalized spacial score (nSPS) is 13.1. The summed E-state index contributed by atoms with van der Waals surface area (Å²) in [5.74, 6) is 0. The van der Waals surface area contributed by atoms with Crippen LogP contribution in [0.15, 0.2) is 30.3 Å². The summed E-state index contributed by atoms with van der Waals surface area (Å²) < 4.78 is 0. The second-order valence-electron chi connectivity index (χ2n) is 3.70. The summed E-state index contributed by atoms with van der Waals surface area (Å²) in [5, 5.41) is 9.24. The number of aliphatic hydroxyl groups excluding tert-OH is 1. The molecule has 0 fully saturated rings. The molecule has 2 heteroatoms. The summed E-state index contributed by atoms with van der Waals surface area (Å²) >= 11 is 0. The van der Waals surface area contributed by atoms with Gasteiger partial charge < -0.3 is 5.11 Å². The predicted octanol–water partition coefficient (Wildman–Crippen LogP) is 1.89. The van der Waals surface area contributed by atoms with E-state index in [1.165, 1.54) is 5.56 Å². The largest absolute Gasteiger partial charge is 0.379 e. The van der Waals surface area contributed by atoms with E-state index in [0.29, 0.717) is 0 Å². The second kappa shape index (κ2) is 5.78. The van der Waals surface area contributed by atoms with Gasteiger partial charge in [0.05, 0.1) is 0 Å². The fourth-order valence-electron chi connectivity index (χ4n) is 1.36. The molecule has 0 aliphatic rings. The Kier molecular flexibility index (Phi) is 4.63. The molecule has 0 spiro atoms. The van der Waals surface area contributed by atoms with Crippen LogP contribution in [-0.2, 0) is 6.42 Å². The zero-order valence-corrected chi connectivity index (χ0v) is 8.98. The Labute approximate surface area is 86.2 Å². The van der Waals surface area contributed by atoms with E-state index in [1.54, 1.807) is 6.92 Å². The minimum atomic E-state index is -0.342. The van der Waals surface area contributed by atoms with Crippen molar-refractivity contribution < 1.29 is 5.11 Å². The monoisotopic (exact) mass is 193 g/mol. The van der Waals surface area contributed by atoms with Crippen molar-refractivity contribution in [3.8, 4) is 0 Å². The van der Waals surface area contributed by atoms with Crippen LogP contribution in [0.2, 0.25) is 0 Å². The molecular formula is C12H19NO. The summed E-state index contributed by atoms with van der Waals surface area (Å²) in [6, 6.07) is 10.4. The van der Waals surface area contributed by atoms with E-state index < -0.39 is 0 Å². The minimum absolute atomic E-state index is 0.342. The van der Waals surface area contributed by atoms with E-state index in [-0.39, 0.29) is 6.23 Å². The van der Waals surface area contributed by atoms with Gasteiger partial charge in [-0.2, -0.15) is 0 Å². The van der Waals surface area contributed by atoms with Gasteiger partial charge >= 0.3 is 0 Å². The Morgan fingerprint density at radius 2 is 1.93 bits per heavy atom. The van der Waals surface area contributed by atoms with Crippen LogP contribution in [0.4, 0.5) is 0 Å². The first-order valence-corrected chi connectivity index (χ1v) is 5.12. The number of rotatable bonds is 5. The Hall–Kier alpha value is -0.860. The van der Waals surface area contributed by atoms with Crippen LogP contribution in [0, 0.1) is 0 Å². The molecule has 14 heavy (non-hydrogen) atoms. The van der Waals surface area contributed by atoms with Crippen LogP contribution in [0.1, 0.15) is 18.9 Å². The molecule has 0 aliphatic heterocycles. The third-order valence-electron chi connectivity index (χ3n) is 2.46. The quantitative estimate of drug-likeness (QED) is 0.722. The van der Waals surface area contributed by atoms with Crippen LogP contribution in [0.5, 0.6) is 0 Å². The number of aryl methyl sites for hydroxylation is 1. The van der Waals surface area contributed by atoms with E-state index in [2.05, 4.69) is 24.3 Å². The Morgan fingerprint density at radius 3 is 2.50 bits per heavy atom. The van der Waals surface area contributed by atoms with Crippen molar-refractivity contribution >= 4 is 0 Å². The highest BCUT2D eigenvalue weighted by atomic mass is 16.3. The lowest BCUT2D eigenvalue weighted by atomic mass is 10.1. The highest BCUT2D eigenvalue weighted by molar-refractivity contribution is 5.14. The van der Waals surface area contributed by atoms with Gasteiger partial charge in [-0.15, -0.1) is 0 Å². The zero-order chi connectivity index (χ0) is 10.4. The van der Waals surface area contributed by atoms with Crippen LogP contribution < -0.4 is 0 Å². The van der Waals surface area contributed by atoms with Gasteiger partial charge in [0.2, 0.25) is 0 Å². The molecular weight excluding hydrogens is 174 g/mol. The highest BCUT2D eigenvalue weighted by Crippen LogP contribution is 2.03. The smallest absolute Gasteiger partial charge is 0.104 e. The third kappa shape index (κ3) is 3.90. The van der Waals surface area contributed by atoms with Gasteiger partial charge in [0.1, 0.15) is 6.23 Å². The van der Waals surface area contributed by atoms with E-state index in [0.717, 1.165) is 19.4 Å². The molecule has 0 bridgehead atoms. The van der Waals surface area contributed by atoms with Crippen LogP contribution in [0.25, 0.3) is 0 Å². The number of aliphatic hydroxyl groups is 1. The molecule has 0 aromatic heterocycles. The van der Waals surface area contributed by atoms with Gasteiger partial charge in [-0.05, 0) is 32.4 Å². The topological polar surface area (TPSA) is 23.5 Å². The summed E-state index contributed by atoms with van der Waals surface area (Å²) in [5.41, 5.74) is 1.37. The maximum Gasteiger partial charge on any atom is 0.104 e. The second-order valence-corrected chi connectivity index (χ2v) is 3.70. The minimum Gasteiger partial charge on any atom is -0.379 e. The first-order valence-electron chi connectivity index (χ1n) is 5.12. The fourth-order valence-corrected chi connectivity index (χ4v) is 1.36. The molecule has 0 saturated heterocycles. The van der Waals surface area contributed by atoms with E-state index in [9.17, 15) is 5.11 Å². The van der Waals surface area contributed by atoms with E-state index in [1.807, 2.05) is 18.0 Å². The lowest BCUT2D eigenvalue weighted by molar-refractivity contribution is 0.0379. The van der Waals surface area contributed by atoms with Crippen LogP contribution >= 0.6 is 0 Å². The number of hydrogen-bond acceptors (Lipinski definition) is 2. The maximum absolute atomic E-state index is 9.24. The van der Waals surface area contributed by atoms with Gasteiger partial charge in [0.25, 0.3) is 0 Å². The van der Waals surface area contributed by atoms with Gasteiger partial charge in [0, 0.05) is 6.54 Å². The van der Waals surface area contributed by atoms with Crippen molar-refractivity contribution in [3.63, 3.8) is 0 Å².